The molecule has 0 fully saturated rings. The summed E-state index contributed by atoms with van der Waals surface area (Å²) in [5.74, 6) is 0.732. The van der Waals surface area contributed by atoms with Crippen molar-refractivity contribution >= 4 is 56.4 Å². The van der Waals surface area contributed by atoms with Crippen molar-refractivity contribution in [2.75, 3.05) is 0 Å². The topological polar surface area (TPSA) is 52.4 Å². The first-order valence-corrected chi connectivity index (χ1v) is 7.83. The maximum atomic E-state index is 10.9. The second-order valence-corrected chi connectivity index (χ2v) is 5.76. The molecular weight excluding hydrogens is 404 g/mol. The standard InChI is InChI=1S/C13H7BrCl3NO3/c14-6-7-3-8(1-2-12(7)18(19)20)21-13-5-10(16)9(15)4-11(13)17/h1-5H,6H2. The van der Waals surface area contributed by atoms with Gasteiger partial charge in [0.15, 0.2) is 0 Å². The first-order chi connectivity index (χ1) is 9.92. The molecule has 0 saturated carbocycles. The van der Waals surface area contributed by atoms with Gasteiger partial charge >= 0.3 is 0 Å². The lowest BCUT2D eigenvalue weighted by Gasteiger charge is -2.10. The van der Waals surface area contributed by atoms with Crippen LogP contribution in [0.3, 0.4) is 0 Å². The van der Waals surface area contributed by atoms with Gasteiger partial charge in [-0.2, -0.15) is 0 Å². The summed E-state index contributed by atoms with van der Waals surface area (Å²) < 4.78 is 5.60. The SMILES string of the molecule is O=[N+]([O-])c1ccc(Oc2cc(Cl)c(Cl)cc2Cl)cc1CBr. The van der Waals surface area contributed by atoms with E-state index in [9.17, 15) is 10.1 Å². The Morgan fingerprint density at radius 1 is 1.10 bits per heavy atom. The summed E-state index contributed by atoms with van der Waals surface area (Å²) in [5, 5.41) is 12.1. The fraction of sp³-hybridized carbons (Fsp3) is 0.0769. The van der Waals surface area contributed by atoms with Crippen LogP contribution in [0.1, 0.15) is 5.56 Å². The van der Waals surface area contributed by atoms with E-state index in [0.717, 1.165) is 0 Å². The third-order valence-electron chi connectivity index (χ3n) is 2.59. The minimum atomic E-state index is -0.452. The molecule has 0 heterocycles. The highest BCUT2D eigenvalue weighted by atomic mass is 79.9. The summed E-state index contributed by atoms with van der Waals surface area (Å²) in [5.41, 5.74) is 0.508. The molecule has 0 aliphatic rings. The number of nitro benzene ring substituents is 1. The van der Waals surface area contributed by atoms with Crippen molar-refractivity contribution in [3.8, 4) is 11.5 Å². The van der Waals surface area contributed by atoms with Gasteiger partial charge in [-0.15, -0.1) is 0 Å². The molecule has 0 amide bonds. The van der Waals surface area contributed by atoms with Crippen molar-refractivity contribution in [2.45, 2.75) is 5.33 Å². The van der Waals surface area contributed by atoms with E-state index >= 15 is 0 Å². The van der Waals surface area contributed by atoms with Gasteiger partial charge in [-0.25, -0.2) is 0 Å². The Hall–Kier alpha value is -1.01. The molecule has 0 aliphatic carbocycles. The number of nitrogens with zero attached hydrogens (tertiary/aromatic N) is 1. The largest absolute Gasteiger partial charge is 0.456 e. The molecule has 0 bridgehead atoms. The van der Waals surface area contributed by atoms with Gasteiger partial charge in [-0.05, 0) is 18.2 Å². The Morgan fingerprint density at radius 3 is 2.38 bits per heavy atom. The third-order valence-corrected chi connectivity index (χ3v) is 4.22. The Balaban J connectivity index is 2.36. The van der Waals surface area contributed by atoms with Crippen LogP contribution in [-0.2, 0) is 5.33 Å². The van der Waals surface area contributed by atoms with E-state index in [-0.39, 0.29) is 5.69 Å². The molecule has 4 nitrogen and oxygen atoms in total. The Kier molecular flexibility index (Phi) is 5.32. The van der Waals surface area contributed by atoms with Crippen LogP contribution in [0.5, 0.6) is 11.5 Å². The predicted molar refractivity (Wildman–Crippen MR) is 87.3 cm³/mol. The monoisotopic (exact) mass is 409 g/mol. The van der Waals surface area contributed by atoms with Crippen LogP contribution in [0.25, 0.3) is 0 Å². The third kappa shape index (κ3) is 3.80. The molecule has 21 heavy (non-hydrogen) atoms. The number of rotatable bonds is 4. The molecule has 0 saturated heterocycles. The maximum absolute atomic E-state index is 10.9. The molecule has 8 heteroatoms. The molecule has 110 valence electrons. The lowest BCUT2D eigenvalue weighted by Crippen LogP contribution is -1.94. The first kappa shape index (κ1) is 16.4. The predicted octanol–water partition coefficient (Wildman–Crippen LogP) is 6.24. The number of nitro groups is 1. The van der Waals surface area contributed by atoms with Crippen molar-refractivity contribution in [2.24, 2.45) is 0 Å². The number of ether oxygens (including phenoxy) is 1. The molecule has 0 unspecified atom stereocenters. The number of halogens is 4. The summed E-state index contributed by atoms with van der Waals surface area (Å²) >= 11 is 21.0. The summed E-state index contributed by atoms with van der Waals surface area (Å²) in [6.45, 7) is 0. The molecule has 0 aliphatic heterocycles. The normalized spacial score (nSPS) is 10.5. The molecule has 2 aromatic carbocycles. The second kappa shape index (κ2) is 6.83. The molecular formula is C13H7BrCl3NO3. The quantitative estimate of drug-likeness (QED) is 0.259. The van der Waals surface area contributed by atoms with Gasteiger partial charge < -0.3 is 4.74 Å². The van der Waals surface area contributed by atoms with Crippen LogP contribution in [0.15, 0.2) is 30.3 Å². The van der Waals surface area contributed by atoms with E-state index in [2.05, 4.69) is 15.9 Å². The van der Waals surface area contributed by atoms with Crippen LogP contribution in [0.4, 0.5) is 5.69 Å². The highest BCUT2D eigenvalue weighted by Crippen LogP contribution is 2.37. The van der Waals surface area contributed by atoms with E-state index in [1.807, 2.05) is 0 Å². The summed E-state index contributed by atoms with van der Waals surface area (Å²) in [4.78, 5) is 10.4. The van der Waals surface area contributed by atoms with Crippen LogP contribution in [-0.4, -0.2) is 4.92 Å². The van der Waals surface area contributed by atoms with Crippen molar-refractivity contribution in [1.29, 1.82) is 0 Å². The zero-order valence-electron chi connectivity index (χ0n) is 10.3. The van der Waals surface area contributed by atoms with Gasteiger partial charge in [0, 0.05) is 23.0 Å². The Bertz CT molecular complexity index is 709. The number of hydrogen-bond acceptors (Lipinski definition) is 3. The molecule has 2 aromatic rings. The zero-order chi connectivity index (χ0) is 15.6. The van der Waals surface area contributed by atoms with Crippen LogP contribution in [0, 0.1) is 10.1 Å². The Morgan fingerprint density at radius 2 is 1.76 bits per heavy atom. The Labute approximate surface area is 143 Å². The van der Waals surface area contributed by atoms with Crippen molar-refractivity contribution in [3.05, 3.63) is 61.1 Å². The fourth-order valence-corrected chi connectivity index (χ4v) is 2.64. The van der Waals surface area contributed by atoms with E-state index in [4.69, 9.17) is 39.5 Å². The van der Waals surface area contributed by atoms with Crippen molar-refractivity contribution < 1.29 is 9.66 Å². The maximum Gasteiger partial charge on any atom is 0.273 e. The number of benzene rings is 2. The van der Waals surface area contributed by atoms with Crippen molar-refractivity contribution in [1.82, 2.24) is 0 Å². The van der Waals surface area contributed by atoms with Crippen LogP contribution >= 0.6 is 50.7 Å². The van der Waals surface area contributed by atoms with Gasteiger partial charge in [-0.3, -0.25) is 10.1 Å². The highest BCUT2D eigenvalue weighted by molar-refractivity contribution is 9.08. The molecule has 0 spiro atoms. The lowest BCUT2D eigenvalue weighted by atomic mass is 10.2. The van der Waals surface area contributed by atoms with E-state index in [1.54, 1.807) is 6.07 Å². The molecule has 0 radical (unpaired) electrons. The highest BCUT2D eigenvalue weighted by Gasteiger charge is 2.15. The summed E-state index contributed by atoms with van der Waals surface area (Å²) in [7, 11) is 0. The zero-order valence-corrected chi connectivity index (χ0v) is 14.1. The molecule has 0 atom stereocenters. The van der Waals surface area contributed by atoms with Crippen LogP contribution < -0.4 is 4.74 Å². The summed E-state index contributed by atoms with van der Waals surface area (Å²) in [6.07, 6.45) is 0. The van der Waals surface area contributed by atoms with Gasteiger partial charge in [0.1, 0.15) is 11.5 Å². The van der Waals surface area contributed by atoms with Gasteiger partial charge in [0.05, 0.1) is 20.0 Å². The van der Waals surface area contributed by atoms with Gasteiger partial charge in [0.25, 0.3) is 5.69 Å². The molecule has 0 aromatic heterocycles. The van der Waals surface area contributed by atoms with Crippen molar-refractivity contribution in [3.63, 3.8) is 0 Å². The van der Waals surface area contributed by atoms with Crippen LogP contribution in [0.2, 0.25) is 15.1 Å². The first-order valence-electron chi connectivity index (χ1n) is 5.58. The smallest absolute Gasteiger partial charge is 0.273 e. The average Bonchev–Trinajstić information content (AvgIpc) is 2.44. The van der Waals surface area contributed by atoms with Gasteiger partial charge in [-0.1, -0.05) is 50.7 Å². The summed E-state index contributed by atoms with van der Waals surface area (Å²) in [6, 6.07) is 7.38. The van der Waals surface area contributed by atoms with E-state index < -0.39 is 4.92 Å². The minimum absolute atomic E-state index is 0.0134. The van der Waals surface area contributed by atoms with E-state index in [1.165, 1.54) is 24.3 Å². The number of hydrogen-bond donors (Lipinski definition) is 0. The van der Waals surface area contributed by atoms with E-state index in [0.29, 0.717) is 37.5 Å². The second-order valence-electron chi connectivity index (χ2n) is 3.98. The lowest BCUT2D eigenvalue weighted by molar-refractivity contribution is -0.385. The molecule has 0 N–H and O–H groups in total. The number of alkyl halides is 1. The minimum Gasteiger partial charge on any atom is -0.456 e. The fourth-order valence-electron chi connectivity index (χ4n) is 1.62. The molecule has 2 rings (SSSR count). The van der Waals surface area contributed by atoms with Gasteiger partial charge in [0.2, 0.25) is 0 Å². The average molecular weight is 411 g/mol.